The lowest BCUT2D eigenvalue weighted by atomic mass is 10.1. The normalized spacial score (nSPS) is 19.9. The van der Waals surface area contributed by atoms with Gasteiger partial charge < -0.3 is 36.5 Å². The number of thiol groups is 1. The Bertz CT molecular complexity index is 789. The van der Waals surface area contributed by atoms with E-state index in [1.54, 1.807) is 6.20 Å². The number of carbonyl (C=O) groups is 4. The predicted octanol–water partition coefficient (Wildman–Crippen LogP) is -2.36. The number of rotatable bonds is 10. The van der Waals surface area contributed by atoms with Crippen LogP contribution in [0, 0.1) is 0 Å². The third-order valence-electron chi connectivity index (χ3n) is 5.01. The van der Waals surface area contributed by atoms with Crippen LogP contribution in [0.25, 0.3) is 0 Å². The van der Waals surface area contributed by atoms with Gasteiger partial charge in [-0.25, -0.2) is 9.78 Å². The standard InChI is InChI=1S/C18H28N6O6S/c1-9(25)14(16(27)22-12(7-31)18(29)30)23-15(26)13-3-2-4-24(13)17(28)11(19)5-10-6-20-8-21-10/h6,8-9,11-14,25,31H,2-5,7,19H2,1H3,(H,20,21)(H,22,27)(H,23,26)(H,29,30). The Morgan fingerprint density at radius 2 is 2.10 bits per heavy atom. The molecule has 172 valence electrons. The first kappa shape index (κ1) is 24.6. The first-order chi connectivity index (χ1) is 14.6. The Kier molecular flexibility index (Phi) is 8.83. The Morgan fingerprint density at radius 3 is 2.65 bits per heavy atom. The van der Waals surface area contributed by atoms with Crippen LogP contribution >= 0.6 is 12.6 Å². The number of H-pyrrole nitrogens is 1. The van der Waals surface area contributed by atoms with Gasteiger partial charge in [0.1, 0.15) is 18.1 Å². The number of likely N-dealkylation sites (tertiary alicyclic amines) is 1. The summed E-state index contributed by atoms with van der Waals surface area (Å²) in [4.78, 5) is 57.2. The maximum Gasteiger partial charge on any atom is 0.327 e. The average Bonchev–Trinajstić information content (AvgIpc) is 3.40. The number of hydrogen-bond donors (Lipinski definition) is 7. The second-order valence-corrected chi connectivity index (χ2v) is 7.75. The molecule has 2 rings (SSSR count). The molecule has 5 unspecified atom stereocenters. The number of nitrogens with one attached hydrogen (secondary N) is 3. The van der Waals surface area contributed by atoms with Crippen LogP contribution < -0.4 is 16.4 Å². The molecule has 0 spiro atoms. The van der Waals surface area contributed by atoms with E-state index in [-0.39, 0.29) is 12.2 Å². The molecule has 1 aromatic rings. The number of nitrogens with zero attached hydrogens (tertiary/aromatic N) is 2. The van der Waals surface area contributed by atoms with Gasteiger partial charge in [-0.2, -0.15) is 12.6 Å². The zero-order valence-electron chi connectivity index (χ0n) is 17.0. The van der Waals surface area contributed by atoms with Gasteiger partial charge in [0.15, 0.2) is 0 Å². The highest BCUT2D eigenvalue weighted by Crippen LogP contribution is 2.19. The van der Waals surface area contributed by atoms with Crippen molar-refractivity contribution in [3.8, 4) is 0 Å². The Balaban J connectivity index is 2.04. The highest BCUT2D eigenvalue weighted by Gasteiger charge is 2.38. The van der Waals surface area contributed by atoms with Gasteiger partial charge in [-0.3, -0.25) is 14.4 Å². The summed E-state index contributed by atoms with van der Waals surface area (Å²) in [5.41, 5.74) is 6.69. The van der Waals surface area contributed by atoms with E-state index in [9.17, 15) is 24.3 Å². The number of nitrogens with two attached hydrogens (primary N) is 1. The number of aromatic amines is 1. The zero-order valence-corrected chi connectivity index (χ0v) is 17.9. The molecule has 1 saturated heterocycles. The lowest BCUT2D eigenvalue weighted by molar-refractivity contribution is -0.143. The molecule has 2 heterocycles. The molecule has 1 aliphatic rings. The van der Waals surface area contributed by atoms with Crippen molar-refractivity contribution in [3.63, 3.8) is 0 Å². The van der Waals surface area contributed by atoms with E-state index in [2.05, 4.69) is 33.2 Å². The maximum atomic E-state index is 12.8. The third kappa shape index (κ3) is 6.42. The SMILES string of the molecule is CC(O)C(NC(=O)C1CCCN1C(=O)C(N)Cc1cnc[nH]1)C(=O)NC(CS)C(=O)O. The lowest BCUT2D eigenvalue weighted by Gasteiger charge is -2.29. The molecular weight excluding hydrogens is 428 g/mol. The molecule has 3 amide bonds. The summed E-state index contributed by atoms with van der Waals surface area (Å²) in [6.07, 6.45) is 2.91. The molecule has 7 N–H and O–H groups in total. The van der Waals surface area contributed by atoms with Gasteiger partial charge in [-0.05, 0) is 19.8 Å². The Labute approximate surface area is 184 Å². The molecule has 1 aliphatic heterocycles. The number of amides is 3. The molecule has 13 heteroatoms. The van der Waals surface area contributed by atoms with Crippen molar-refractivity contribution in [1.29, 1.82) is 0 Å². The van der Waals surface area contributed by atoms with Crippen LogP contribution in [0.5, 0.6) is 0 Å². The van der Waals surface area contributed by atoms with E-state index in [1.165, 1.54) is 18.2 Å². The molecule has 0 bridgehead atoms. The number of imidazole rings is 1. The average molecular weight is 457 g/mol. The fourth-order valence-electron chi connectivity index (χ4n) is 3.34. The molecule has 1 fully saturated rings. The summed E-state index contributed by atoms with van der Waals surface area (Å²) in [5, 5.41) is 23.7. The van der Waals surface area contributed by atoms with Crippen molar-refractivity contribution in [1.82, 2.24) is 25.5 Å². The second-order valence-electron chi connectivity index (χ2n) is 7.39. The van der Waals surface area contributed by atoms with Gasteiger partial charge in [0.25, 0.3) is 0 Å². The fraction of sp³-hybridized carbons (Fsp3) is 0.611. The summed E-state index contributed by atoms with van der Waals surface area (Å²) >= 11 is 3.87. The topological polar surface area (TPSA) is 191 Å². The molecule has 31 heavy (non-hydrogen) atoms. The minimum Gasteiger partial charge on any atom is -0.480 e. The van der Waals surface area contributed by atoms with Gasteiger partial charge in [0.2, 0.25) is 17.7 Å². The van der Waals surface area contributed by atoms with E-state index in [1.807, 2.05) is 0 Å². The number of hydrogen-bond acceptors (Lipinski definition) is 8. The second kappa shape index (κ2) is 11.1. The van der Waals surface area contributed by atoms with E-state index in [0.29, 0.717) is 25.1 Å². The third-order valence-corrected chi connectivity index (χ3v) is 5.38. The van der Waals surface area contributed by atoms with Crippen LogP contribution in [-0.4, -0.2) is 91.3 Å². The predicted molar refractivity (Wildman–Crippen MR) is 112 cm³/mol. The molecule has 0 saturated carbocycles. The summed E-state index contributed by atoms with van der Waals surface area (Å²) in [7, 11) is 0. The molecule has 0 aliphatic carbocycles. The molecule has 5 atom stereocenters. The number of aliphatic hydroxyl groups is 1. The van der Waals surface area contributed by atoms with Gasteiger partial charge in [-0.1, -0.05) is 0 Å². The number of aliphatic carboxylic acids is 1. The number of carbonyl (C=O) groups excluding carboxylic acids is 3. The van der Waals surface area contributed by atoms with Crippen molar-refractivity contribution in [2.24, 2.45) is 5.73 Å². The Hall–Kier alpha value is -2.64. The number of carboxylic acid groups (broad SMARTS) is 1. The van der Waals surface area contributed by atoms with Crippen molar-refractivity contribution >= 4 is 36.3 Å². The van der Waals surface area contributed by atoms with Gasteiger partial charge in [0, 0.05) is 30.6 Å². The van der Waals surface area contributed by atoms with E-state index in [0.717, 1.165) is 0 Å². The van der Waals surface area contributed by atoms with Crippen molar-refractivity contribution in [3.05, 3.63) is 18.2 Å². The van der Waals surface area contributed by atoms with Crippen molar-refractivity contribution in [2.75, 3.05) is 12.3 Å². The minimum absolute atomic E-state index is 0.166. The maximum absolute atomic E-state index is 12.8. The zero-order chi connectivity index (χ0) is 23.1. The van der Waals surface area contributed by atoms with Crippen molar-refractivity contribution < 1.29 is 29.4 Å². The Morgan fingerprint density at radius 1 is 1.39 bits per heavy atom. The van der Waals surface area contributed by atoms with Crippen LogP contribution in [0.3, 0.4) is 0 Å². The summed E-state index contributed by atoms with van der Waals surface area (Å²) in [6, 6.07) is -4.41. The fourth-order valence-corrected chi connectivity index (χ4v) is 3.59. The molecule has 0 aromatic carbocycles. The van der Waals surface area contributed by atoms with Crippen LogP contribution in [0.2, 0.25) is 0 Å². The van der Waals surface area contributed by atoms with Gasteiger partial charge in [0.05, 0.1) is 18.5 Å². The summed E-state index contributed by atoms with van der Waals surface area (Å²) in [6.45, 7) is 1.62. The first-order valence-corrected chi connectivity index (χ1v) is 10.4. The monoisotopic (exact) mass is 456 g/mol. The van der Waals surface area contributed by atoms with Crippen LogP contribution in [0.15, 0.2) is 12.5 Å². The molecular formula is C18H28N6O6S. The number of aliphatic hydroxyl groups excluding tert-OH is 1. The quantitative estimate of drug-likeness (QED) is 0.190. The van der Waals surface area contributed by atoms with E-state index >= 15 is 0 Å². The van der Waals surface area contributed by atoms with Crippen LogP contribution in [0.4, 0.5) is 0 Å². The number of aromatic nitrogens is 2. The van der Waals surface area contributed by atoms with Crippen LogP contribution in [0.1, 0.15) is 25.5 Å². The van der Waals surface area contributed by atoms with E-state index < -0.39 is 54.0 Å². The largest absolute Gasteiger partial charge is 0.480 e. The van der Waals surface area contributed by atoms with Crippen molar-refractivity contribution in [2.45, 2.75) is 56.5 Å². The van der Waals surface area contributed by atoms with Gasteiger partial charge in [-0.15, -0.1) is 0 Å². The molecule has 0 radical (unpaired) electrons. The highest BCUT2D eigenvalue weighted by molar-refractivity contribution is 7.80. The summed E-state index contributed by atoms with van der Waals surface area (Å²) in [5.74, 6) is -3.36. The molecule has 1 aromatic heterocycles. The molecule has 12 nitrogen and oxygen atoms in total. The minimum atomic E-state index is -1.40. The summed E-state index contributed by atoms with van der Waals surface area (Å²) < 4.78 is 0. The smallest absolute Gasteiger partial charge is 0.327 e. The van der Waals surface area contributed by atoms with E-state index in [4.69, 9.17) is 10.8 Å². The lowest BCUT2D eigenvalue weighted by Crippen LogP contribution is -2.59. The number of carboxylic acids is 1. The highest BCUT2D eigenvalue weighted by atomic mass is 32.1. The first-order valence-electron chi connectivity index (χ1n) is 9.81. The van der Waals surface area contributed by atoms with Crippen LogP contribution in [-0.2, 0) is 25.6 Å². The van der Waals surface area contributed by atoms with Gasteiger partial charge >= 0.3 is 5.97 Å².